The first-order chi connectivity index (χ1) is 15.5. The summed E-state index contributed by atoms with van der Waals surface area (Å²) in [6, 6.07) is 26.2. The third-order valence-corrected chi connectivity index (χ3v) is 5.64. The van der Waals surface area contributed by atoms with Crippen LogP contribution in [0, 0.1) is 26.2 Å². The van der Waals surface area contributed by atoms with Gasteiger partial charge >= 0.3 is 0 Å². The monoisotopic (exact) mass is 533 g/mol. The summed E-state index contributed by atoms with van der Waals surface area (Å²) in [6.07, 6.45) is 1.56. The summed E-state index contributed by atoms with van der Waals surface area (Å²) in [5.74, 6) is 0.239. The second-order valence-corrected chi connectivity index (χ2v) is 8.19. The normalized spacial score (nSPS) is 11.7. The number of nitrogens with one attached hydrogen (secondary N) is 1. The smallest absolute Gasteiger partial charge is 0.262 e. The Morgan fingerprint density at radius 2 is 1.81 bits per heavy atom. The van der Waals surface area contributed by atoms with Gasteiger partial charge in [0.15, 0.2) is 0 Å². The van der Waals surface area contributed by atoms with Gasteiger partial charge in [-0.2, -0.15) is 10.5 Å². The average Bonchev–Trinajstić information content (AvgIpc) is 2.82. The number of amides is 1. The standard InChI is InChI=1S/C26H20IN3O2/c1-18(20-7-3-2-4-8-20)30-26(31)23(16-29)13-19-11-12-25(24(27)14-19)32-17-22-10-6-5-9-21(22)15-28/h2-14,18H,17H2,1H3,(H,30,31)/b23-13-/t18-/m1/s1. The van der Waals surface area contributed by atoms with Crippen LogP contribution in [0.5, 0.6) is 5.75 Å². The van der Waals surface area contributed by atoms with Crippen LogP contribution in [0.4, 0.5) is 0 Å². The predicted molar refractivity (Wildman–Crippen MR) is 131 cm³/mol. The SMILES string of the molecule is C[C@@H](NC(=O)/C(C#N)=C\c1ccc(OCc2ccccc2C#N)c(I)c1)c1ccccc1. The van der Waals surface area contributed by atoms with Crippen LogP contribution < -0.4 is 10.1 Å². The highest BCUT2D eigenvalue weighted by Crippen LogP contribution is 2.25. The molecule has 5 nitrogen and oxygen atoms in total. The molecular weight excluding hydrogens is 513 g/mol. The highest BCUT2D eigenvalue weighted by molar-refractivity contribution is 14.1. The number of halogens is 1. The topological polar surface area (TPSA) is 85.9 Å². The minimum atomic E-state index is -0.424. The van der Waals surface area contributed by atoms with E-state index in [4.69, 9.17) is 4.74 Å². The van der Waals surface area contributed by atoms with E-state index in [1.165, 1.54) is 0 Å². The zero-order valence-corrected chi connectivity index (χ0v) is 19.5. The molecule has 3 aromatic rings. The number of hydrogen-bond donors (Lipinski definition) is 1. The molecule has 0 bridgehead atoms. The average molecular weight is 533 g/mol. The lowest BCUT2D eigenvalue weighted by atomic mass is 10.1. The molecule has 0 radical (unpaired) electrons. The molecule has 0 aromatic heterocycles. The molecule has 0 aliphatic heterocycles. The Morgan fingerprint density at radius 1 is 1.09 bits per heavy atom. The van der Waals surface area contributed by atoms with E-state index in [1.54, 1.807) is 24.3 Å². The van der Waals surface area contributed by atoms with Crippen LogP contribution in [-0.4, -0.2) is 5.91 Å². The zero-order chi connectivity index (χ0) is 22.9. The molecule has 6 heteroatoms. The molecule has 1 atom stereocenters. The number of nitriles is 2. The number of hydrogen-bond acceptors (Lipinski definition) is 4. The Bertz CT molecular complexity index is 1220. The van der Waals surface area contributed by atoms with Crippen LogP contribution in [0.25, 0.3) is 6.08 Å². The lowest BCUT2D eigenvalue weighted by Crippen LogP contribution is -2.27. The highest BCUT2D eigenvalue weighted by Gasteiger charge is 2.14. The second-order valence-electron chi connectivity index (χ2n) is 7.02. The number of rotatable bonds is 7. The van der Waals surface area contributed by atoms with E-state index in [-0.39, 0.29) is 18.2 Å². The fraction of sp³-hybridized carbons (Fsp3) is 0.115. The van der Waals surface area contributed by atoms with Gasteiger partial charge < -0.3 is 10.1 Å². The minimum Gasteiger partial charge on any atom is -0.488 e. The molecule has 0 saturated heterocycles. The van der Waals surface area contributed by atoms with Crippen molar-refractivity contribution in [2.75, 3.05) is 0 Å². The van der Waals surface area contributed by atoms with Crippen LogP contribution in [0.3, 0.4) is 0 Å². The number of carbonyl (C=O) groups excluding carboxylic acids is 1. The van der Waals surface area contributed by atoms with E-state index in [9.17, 15) is 15.3 Å². The molecule has 1 amide bonds. The van der Waals surface area contributed by atoms with Crippen molar-refractivity contribution in [3.63, 3.8) is 0 Å². The van der Waals surface area contributed by atoms with Gasteiger partial charge in [-0.05, 0) is 64.9 Å². The minimum absolute atomic E-state index is 0.0280. The first-order valence-corrected chi connectivity index (χ1v) is 11.0. The van der Waals surface area contributed by atoms with Crippen LogP contribution in [0.1, 0.15) is 35.2 Å². The van der Waals surface area contributed by atoms with Crippen LogP contribution in [0.15, 0.2) is 78.4 Å². The van der Waals surface area contributed by atoms with Crippen molar-refractivity contribution >= 4 is 34.6 Å². The van der Waals surface area contributed by atoms with Crippen molar-refractivity contribution in [3.8, 4) is 17.9 Å². The van der Waals surface area contributed by atoms with Crippen LogP contribution in [-0.2, 0) is 11.4 Å². The molecule has 0 spiro atoms. The largest absolute Gasteiger partial charge is 0.488 e. The van der Waals surface area contributed by atoms with E-state index < -0.39 is 5.91 Å². The Morgan fingerprint density at radius 3 is 2.50 bits per heavy atom. The molecule has 0 aliphatic carbocycles. The van der Waals surface area contributed by atoms with Gasteiger partial charge in [-0.1, -0.05) is 54.6 Å². The van der Waals surface area contributed by atoms with E-state index in [1.807, 2.05) is 67.6 Å². The Labute approximate surface area is 201 Å². The van der Waals surface area contributed by atoms with Crippen molar-refractivity contribution in [2.24, 2.45) is 0 Å². The molecular formula is C26H20IN3O2. The van der Waals surface area contributed by atoms with Gasteiger partial charge in [0.25, 0.3) is 5.91 Å². The molecule has 0 fully saturated rings. The molecule has 0 heterocycles. The fourth-order valence-electron chi connectivity index (χ4n) is 3.05. The summed E-state index contributed by atoms with van der Waals surface area (Å²) >= 11 is 2.15. The van der Waals surface area contributed by atoms with Gasteiger partial charge in [-0.3, -0.25) is 4.79 Å². The lowest BCUT2D eigenvalue weighted by Gasteiger charge is -2.14. The van der Waals surface area contributed by atoms with Crippen LogP contribution in [0.2, 0.25) is 0 Å². The van der Waals surface area contributed by atoms with Gasteiger partial charge in [0, 0.05) is 5.56 Å². The summed E-state index contributed by atoms with van der Waals surface area (Å²) in [7, 11) is 0. The summed E-state index contributed by atoms with van der Waals surface area (Å²) < 4.78 is 6.71. The van der Waals surface area contributed by atoms with Gasteiger partial charge in [0.05, 0.1) is 21.2 Å². The molecule has 3 rings (SSSR count). The van der Waals surface area contributed by atoms with Crippen molar-refractivity contribution in [1.82, 2.24) is 5.32 Å². The van der Waals surface area contributed by atoms with Gasteiger partial charge in [0.2, 0.25) is 0 Å². The summed E-state index contributed by atoms with van der Waals surface area (Å²) in [5.41, 5.74) is 3.10. The van der Waals surface area contributed by atoms with Gasteiger partial charge in [0.1, 0.15) is 24.0 Å². The molecule has 32 heavy (non-hydrogen) atoms. The van der Waals surface area contributed by atoms with Crippen molar-refractivity contribution in [3.05, 3.63) is 104 Å². The summed E-state index contributed by atoms with van der Waals surface area (Å²) in [5, 5.41) is 21.6. The van der Waals surface area contributed by atoms with Crippen molar-refractivity contribution < 1.29 is 9.53 Å². The Kier molecular flexibility index (Phi) is 8.02. The molecule has 158 valence electrons. The van der Waals surface area contributed by atoms with E-state index in [0.29, 0.717) is 11.3 Å². The maximum absolute atomic E-state index is 12.6. The third-order valence-electron chi connectivity index (χ3n) is 4.80. The van der Waals surface area contributed by atoms with Crippen LogP contribution >= 0.6 is 22.6 Å². The third kappa shape index (κ3) is 5.96. The maximum Gasteiger partial charge on any atom is 0.262 e. The summed E-state index contributed by atoms with van der Waals surface area (Å²) in [6.45, 7) is 2.15. The maximum atomic E-state index is 12.6. The first kappa shape index (κ1) is 23.1. The number of ether oxygens (including phenoxy) is 1. The van der Waals surface area contributed by atoms with Gasteiger partial charge in [-0.15, -0.1) is 0 Å². The van der Waals surface area contributed by atoms with E-state index in [0.717, 1.165) is 20.3 Å². The molecule has 0 aliphatic rings. The number of nitrogens with zero attached hydrogens (tertiary/aromatic N) is 2. The quantitative estimate of drug-likeness (QED) is 0.246. The number of carbonyl (C=O) groups is 1. The molecule has 0 unspecified atom stereocenters. The summed E-state index contributed by atoms with van der Waals surface area (Å²) in [4.78, 5) is 12.6. The molecule has 0 saturated carbocycles. The highest BCUT2D eigenvalue weighted by atomic mass is 127. The first-order valence-electron chi connectivity index (χ1n) is 9.89. The van der Waals surface area contributed by atoms with E-state index in [2.05, 4.69) is 34.0 Å². The Balaban J connectivity index is 1.70. The second kappa shape index (κ2) is 11.1. The van der Waals surface area contributed by atoms with Crippen molar-refractivity contribution in [2.45, 2.75) is 19.6 Å². The lowest BCUT2D eigenvalue weighted by molar-refractivity contribution is -0.117. The zero-order valence-electron chi connectivity index (χ0n) is 17.4. The fourth-order valence-corrected chi connectivity index (χ4v) is 3.74. The van der Waals surface area contributed by atoms with Gasteiger partial charge in [-0.25, -0.2) is 0 Å². The predicted octanol–water partition coefficient (Wildman–Crippen LogP) is 5.53. The molecule has 1 N–H and O–H groups in total. The molecule has 3 aromatic carbocycles. The Hall–Kier alpha value is -3.62. The number of benzene rings is 3. The van der Waals surface area contributed by atoms with Crippen molar-refractivity contribution in [1.29, 1.82) is 10.5 Å². The van der Waals surface area contributed by atoms with E-state index >= 15 is 0 Å².